The van der Waals surface area contributed by atoms with E-state index in [1.54, 1.807) is 24.3 Å². The number of halogens is 2. The van der Waals surface area contributed by atoms with Crippen molar-refractivity contribution in [3.8, 4) is 5.75 Å². The van der Waals surface area contributed by atoms with Gasteiger partial charge in [-0.1, -0.05) is 51.1 Å². The van der Waals surface area contributed by atoms with Crippen molar-refractivity contribution in [2.45, 2.75) is 26.2 Å². The summed E-state index contributed by atoms with van der Waals surface area (Å²) in [6, 6.07) is 17.2. The van der Waals surface area contributed by atoms with Crippen LogP contribution in [0.1, 0.15) is 31.9 Å². The predicted molar refractivity (Wildman–Crippen MR) is 128 cm³/mol. The second-order valence-corrected chi connectivity index (χ2v) is 8.95. The number of nitrogens with zero attached hydrogens (tertiary/aromatic N) is 1. The van der Waals surface area contributed by atoms with Gasteiger partial charge in [0.2, 0.25) is 0 Å². The monoisotopic (exact) mass is 462 g/mol. The molecule has 0 unspecified atom stereocenters. The standard InChI is InChI=1S/C27H24F2N2O3/c1-27(2,3)16-9-11-17(12-10-16)30-24-23(19-7-5-6-8-22(19)34-4)25(32)31(26(24)33)18-13-14-20(28)21(29)15-18/h5-15,30H,1-4H3. The molecule has 0 saturated carbocycles. The Morgan fingerprint density at radius 1 is 0.853 bits per heavy atom. The Bertz CT molecular complexity index is 1310. The Hall–Kier alpha value is -4.00. The molecule has 1 N–H and O–H groups in total. The average Bonchev–Trinajstić information content (AvgIpc) is 3.04. The molecule has 0 spiro atoms. The fourth-order valence-corrected chi connectivity index (χ4v) is 3.80. The smallest absolute Gasteiger partial charge is 0.282 e. The molecule has 0 fully saturated rings. The van der Waals surface area contributed by atoms with Crippen LogP contribution in [-0.4, -0.2) is 18.9 Å². The van der Waals surface area contributed by atoms with Gasteiger partial charge in [0, 0.05) is 17.3 Å². The molecule has 3 aromatic rings. The van der Waals surface area contributed by atoms with Crippen molar-refractivity contribution in [3.05, 3.63) is 95.2 Å². The molecule has 2 amide bonds. The quantitative estimate of drug-likeness (QED) is 0.497. The number of amides is 2. The highest BCUT2D eigenvalue weighted by molar-refractivity contribution is 6.46. The van der Waals surface area contributed by atoms with Gasteiger partial charge in [-0.2, -0.15) is 0 Å². The lowest BCUT2D eigenvalue weighted by molar-refractivity contribution is -0.120. The van der Waals surface area contributed by atoms with E-state index in [4.69, 9.17) is 4.74 Å². The van der Waals surface area contributed by atoms with Gasteiger partial charge in [0.15, 0.2) is 11.6 Å². The third kappa shape index (κ3) is 4.17. The van der Waals surface area contributed by atoms with Gasteiger partial charge in [0.25, 0.3) is 11.8 Å². The van der Waals surface area contributed by atoms with E-state index in [1.165, 1.54) is 13.2 Å². The summed E-state index contributed by atoms with van der Waals surface area (Å²) in [6.07, 6.45) is 0. The van der Waals surface area contributed by atoms with Crippen LogP contribution in [0.15, 0.2) is 72.4 Å². The maximum absolute atomic E-state index is 13.9. The Morgan fingerprint density at radius 2 is 1.53 bits per heavy atom. The van der Waals surface area contributed by atoms with E-state index in [9.17, 15) is 18.4 Å². The first-order valence-electron chi connectivity index (χ1n) is 10.7. The molecule has 3 aromatic carbocycles. The number of hydrogen-bond donors (Lipinski definition) is 1. The minimum atomic E-state index is -1.16. The zero-order valence-corrected chi connectivity index (χ0v) is 19.3. The van der Waals surface area contributed by atoms with Crippen molar-refractivity contribution >= 4 is 28.8 Å². The normalized spacial score (nSPS) is 14.1. The highest BCUT2D eigenvalue weighted by atomic mass is 19.2. The van der Waals surface area contributed by atoms with Crippen LogP contribution < -0.4 is 15.0 Å². The molecular weight excluding hydrogens is 438 g/mol. The summed E-state index contributed by atoms with van der Waals surface area (Å²) < 4.78 is 32.8. The van der Waals surface area contributed by atoms with Crippen LogP contribution in [0.3, 0.4) is 0 Å². The summed E-state index contributed by atoms with van der Waals surface area (Å²) in [7, 11) is 1.46. The largest absolute Gasteiger partial charge is 0.496 e. The second-order valence-electron chi connectivity index (χ2n) is 8.95. The summed E-state index contributed by atoms with van der Waals surface area (Å²) >= 11 is 0. The second kappa shape index (κ2) is 8.74. The van der Waals surface area contributed by atoms with E-state index in [1.807, 2.05) is 24.3 Å². The molecule has 7 heteroatoms. The molecule has 0 saturated heterocycles. The Labute approximate surface area is 196 Å². The van der Waals surface area contributed by atoms with Crippen LogP contribution in [0.25, 0.3) is 5.57 Å². The fraction of sp³-hybridized carbons (Fsp3) is 0.185. The van der Waals surface area contributed by atoms with Gasteiger partial charge in [-0.3, -0.25) is 9.59 Å². The van der Waals surface area contributed by atoms with Crippen LogP contribution in [0.2, 0.25) is 0 Å². The number of anilines is 2. The zero-order chi connectivity index (χ0) is 24.6. The molecule has 1 aliphatic heterocycles. The first-order chi connectivity index (χ1) is 16.1. The van der Waals surface area contributed by atoms with Crippen molar-refractivity contribution in [1.29, 1.82) is 0 Å². The molecule has 5 nitrogen and oxygen atoms in total. The number of benzene rings is 3. The Kier molecular flexibility index (Phi) is 5.96. The molecule has 1 aliphatic rings. The summed E-state index contributed by atoms with van der Waals surface area (Å²) in [4.78, 5) is 27.8. The summed E-state index contributed by atoms with van der Waals surface area (Å²) in [5, 5.41) is 3.07. The van der Waals surface area contributed by atoms with Gasteiger partial charge in [-0.15, -0.1) is 0 Å². The molecule has 4 rings (SSSR count). The molecule has 0 aromatic heterocycles. The van der Waals surface area contributed by atoms with E-state index in [0.717, 1.165) is 22.6 Å². The van der Waals surface area contributed by atoms with Gasteiger partial charge >= 0.3 is 0 Å². The van der Waals surface area contributed by atoms with Crippen LogP contribution >= 0.6 is 0 Å². The number of para-hydroxylation sites is 1. The van der Waals surface area contributed by atoms with Gasteiger partial charge in [-0.05, 0) is 41.3 Å². The molecule has 34 heavy (non-hydrogen) atoms. The lowest BCUT2D eigenvalue weighted by Gasteiger charge is -2.19. The zero-order valence-electron chi connectivity index (χ0n) is 19.3. The van der Waals surface area contributed by atoms with Crippen molar-refractivity contribution in [3.63, 3.8) is 0 Å². The SMILES string of the molecule is COc1ccccc1C1=C(Nc2ccc(C(C)(C)C)cc2)C(=O)N(c2ccc(F)c(F)c2)C1=O. The number of hydrogen-bond acceptors (Lipinski definition) is 4. The van der Waals surface area contributed by atoms with Gasteiger partial charge < -0.3 is 10.1 Å². The van der Waals surface area contributed by atoms with Crippen LogP contribution in [0.4, 0.5) is 20.2 Å². The summed E-state index contributed by atoms with van der Waals surface area (Å²) in [5.74, 6) is -3.19. The highest BCUT2D eigenvalue weighted by Crippen LogP contribution is 2.37. The fourth-order valence-electron chi connectivity index (χ4n) is 3.80. The minimum absolute atomic E-state index is 0.0164. The number of rotatable bonds is 5. The van der Waals surface area contributed by atoms with E-state index in [0.29, 0.717) is 17.0 Å². The lowest BCUT2D eigenvalue weighted by Crippen LogP contribution is -2.32. The van der Waals surface area contributed by atoms with Gasteiger partial charge in [0.05, 0.1) is 18.4 Å². The molecule has 0 radical (unpaired) electrons. The lowest BCUT2D eigenvalue weighted by atomic mass is 9.87. The van der Waals surface area contributed by atoms with Crippen LogP contribution in [-0.2, 0) is 15.0 Å². The maximum Gasteiger partial charge on any atom is 0.282 e. The molecule has 0 atom stereocenters. The third-order valence-corrected chi connectivity index (χ3v) is 5.64. The van der Waals surface area contributed by atoms with E-state index in [-0.39, 0.29) is 22.4 Å². The van der Waals surface area contributed by atoms with E-state index < -0.39 is 23.4 Å². The number of nitrogens with one attached hydrogen (secondary N) is 1. The first kappa shape index (κ1) is 23.2. The average molecular weight is 462 g/mol. The molecule has 0 aliphatic carbocycles. The summed E-state index contributed by atoms with van der Waals surface area (Å²) in [6.45, 7) is 6.28. The maximum atomic E-state index is 13.9. The number of imide groups is 1. The van der Waals surface area contributed by atoms with Gasteiger partial charge in [0.1, 0.15) is 11.4 Å². The number of carbonyl (C=O) groups excluding carboxylic acids is 2. The first-order valence-corrected chi connectivity index (χ1v) is 10.7. The number of ether oxygens (including phenoxy) is 1. The van der Waals surface area contributed by atoms with Crippen molar-refractivity contribution < 1.29 is 23.1 Å². The van der Waals surface area contributed by atoms with Crippen molar-refractivity contribution in [2.24, 2.45) is 0 Å². The van der Waals surface area contributed by atoms with Crippen molar-refractivity contribution in [2.75, 3.05) is 17.3 Å². The molecule has 0 bridgehead atoms. The molecular formula is C27H24F2N2O3. The minimum Gasteiger partial charge on any atom is -0.496 e. The molecule has 174 valence electrons. The Balaban J connectivity index is 1.82. The van der Waals surface area contributed by atoms with Crippen molar-refractivity contribution in [1.82, 2.24) is 0 Å². The van der Waals surface area contributed by atoms with Crippen LogP contribution in [0, 0.1) is 11.6 Å². The summed E-state index contributed by atoms with van der Waals surface area (Å²) in [5.41, 5.74) is 2.08. The van der Waals surface area contributed by atoms with E-state index in [2.05, 4.69) is 26.1 Å². The number of methoxy groups -OCH3 is 1. The van der Waals surface area contributed by atoms with E-state index >= 15 is 0 Å². The highest BCUT2D eigenvalue weighted by Gasteiger charge is 2.41. The number of carbonyl (C=O) groups is 2. The third-order valence-electron chi connectivity index (χ3n) is 5.64. The van der Waals surface area contributed by atoms with Gasteiger partial charge in [-0.25, -0.2) is 13.7 Å². The van der Waals surface area contributed by atoms with Crippen LogP contribution in [0.5, 0.6) is 5.75 Å². The predicted octanol–water partition coefficient (Wildman–Crippen LogP) is 5.67. The topological polar surface area (TPSA) is 58.6 Å². The Morgan fingerprint density at radius 3 is 2.15 bits per heavy atom. The molecule has 1 heterocycles.